The monoisotopic (exact) mass is 547 g/mol. The fourth-order valence-electron chi connectivity index (χ4n) is 5.57. The van der Waals surface area contributed by atoms with Crippen molar-refractivity contribution < 1.29 is 19.4 Å². The first kappa shape index (κ1) is 28.2. The van der Waals surface area contributed by atoms with Crippen LogP contribution in [-0.2, 0) is 15.0 Å². The molecule has 4 aromatic carbocycles. The number of carbonyl (C=O) groups excluding carboxylic acids is 2. The Morgan fingerprint density at radius 1 is 0.927 bits per heavy atom. The second-order valence-corrected chi connectivity index (χ2v) is 11.9. The molecule has 0 bridgehead atoms. The van der Waals surface area contributed by atoms with Crippen LogP contribution in [0, 0.1) is 0 Å². The number of nitrogens with zero attached hydrogens (tertiary/aromatic N) is 1. The van der Waals surface area contributed by atoms with Gasteiger partial charge < -0.3 is 9.84 Å². The van der Waals surface area contributed by atoms with E-state index in [1.807, 2.05) is 85.8 Å². The molecule has 0 aliphatic carbocycles. The lowest BCUT2D eigenvalue weighted by Crippen LogP contribution is -2.29. The summed E-state index contributed by atoms with van der Waals surface area (Å²) in [4.78, 5) is 29.2. The second kappa shape index (κ2) is 10.9. The van der Waals surface area contributed by atoms with Crippen LogP contribution in [0.25, 0.3) is 16.5 Å². The fraction of sp³-hybridized carbons (Fsp3) is 0.278. The third kappa shape index (κ3) is 5.13. The number of aliphatic hydroxyl groups excluding tert-OH is 1. The normalized spacial score (nSPS) is 17.0. The lowest BCUT2D eigenvalue weighted by molar-refractivity contribution is -0.132. The van der Waals surface area contributed by atoms with Crippen molar-refractivity contribution in [1.29, 1.82) is 0 Å². The van der Waals surface area contributed by atoms with Gasteiger partial charge in [-0.15, -0.1) is 0 Å². The minimum atomic E-state index is -0.802. The summed E-state index contributed by atoms with van der Waals surface area (Å²) in [7, 11) is 0. The molecule has 5 heteroatoms. The first-order valence-corrected chi connectivity index (χ1v) is 14.2. The molecular formula is C36H37NO4. The second-order valence-electron chi connectivity index (χ2n) is 11.9. The van der Waals surface area contributed by atoms with E-state index in [0.717, 1.165) is 33.2 Å². The fourth-order valence-corrected chi connectivity index (χ4v) is 5.57. The van der Waals surface area contributed by atoms with Gasteiger partial charge in [0.25, 0.3) is 11.7 Å². The maximum atomic E-state index is 13.8. The Hall–Kier alpha value is -4.38. The van der Waals surface area contributed by atoms with Crippen LogP contribution in [0.15, 0.2) is 90.5 Å². The van der Waals surface area contributed by atoms with Gasteiger partial charge >= 0.3 is 0 Å². The van der Waals surface area contributed by atoms with Crippen LogP contribution in [0.3, 0.4) is 0 Å². The van der Waals surface area contributed by atoms with Crippen molar-refractivity contribution >= 4 is 33.9 Å². The maximum Gasteiger partial charge on any atom is 0.300 e. The molecule has 0 saturated carbocycles. The molecule has 5 rings (SSSR count). The summed E-state index contributed by atoms with van der Waals surface area (Å²) >= 11 is 0. The Kier molecular flexibility index (Phi) is 7.48. The molecule has 1 saturated heterocycles. The van der Waals surface area contributed by atoms with Crippen molar-refractivity contribution in [2.45, 2.75) is 58.9 Å². The molecule has 1 heterocycles. The smallest absolute Gasteiger partial charge is 0.300 e. The van der Waals surface area contributed by atoms with E-state index < -0.39 is 17.7 Å². The van der Waals surface area contributed by atoms with E-state index in [0.29, 0.717) is 17.9 Å². The van der Waals surface area contributed by atoms with E-state index >= 15 is 0 Å². The van der Waals surface area contributed by atoms with E-state index in [1.165, 1.54) is 0 Å². The Morgan fingerprint density at radius 2 is 1.61 bits per heavy atom. The highest BCUT2D eigenvalue weighted by molar-refractivity contribution is 6.52. The Balaban J connectivity index is 1.75. The molecule has 1 amide bonds. The number of amides is 1. The number of benzene rings is 4. The van der Waals surface area contributed by atoms with Crippen LogP contribution in [0.5, 0.6) is 5.75 Å². The standard InChI is InChI=1S/C36H37NO4/c1-7-41-30-20-17-25(21-28(30)22(2)3)33(38)31-32(24-15-18-26(19-16-24)36(4,5)6)37(35(40)34(31)39)29-14-10-12-23-11-8-9-13-27(23)29/h8-22,32,38H,7H2,1-6H3/b33-31+. The molecule has 1 N–H and O–H groups in total. The molecule has 1 aliphatic rings. The SMILES string of the molecule is CCOc1ccc(/C(O)=C2\C(=O)C(=O)N(c3cccc4ccccc34)C2c2ccc(C(C)(C)C)cc2)cc1C(C)C. The van der Waals surface area contributed by atoms with E-state index in [2.05, 4.69) is 34.6 Å². The quantitative estimate of drug-likeness (QED) is 0.150. The minimum absolute atomic E-state index is 0.0640. The zero-order valence-corrected chi connectivity index (χ0v) is 24.6. The Labute approximate surface area is 242 Å². The van der Waals surface area contributed by atoms with Gasteiger partial charge in [0.1, 0.15) is 11.5 Å². The van der Waals surface area contributed by atoms with Gasteiger partial charge in [-0.3, -0.25) is 14.5 Å². The summed E-state index contributed by atoms with van der Waals surface area (Å²) in [6.07, 6.45) is 0. The number of Topliss-reactive ketones (excluding diaryl/α,β-unsaturated/α-hetero) is 1. The Bertz CT molecular complexity index is 1650. The van der Waals surface area contributed by atoms with Crippen molar-refractivity contribution in [2.24, 2.45) is 0 Å². The molecule has 4 aromatic rings. The van der Waals surface area contributed by atoms with Crippen molar-refractivity contribution in [2.75, 3.05) is 11.5 Å². The number of ether oxygens (including phenoxy) is 1. The predicted molar refractivity (Wildman–Crippen MR) is 166 cm³/mol. The molecule has 0 aromatic heterocycles. The lowest BCUT2D eigenvalue weighted by atomic mass is 9.85. The zero-order valence-electron chi connectivity index (χ0n) is 24.6. The summed E-state index contributed by atoms with van der Waals surface area (Å²) < 4.78 is 5.81. The number of fused-ring (bicyclic) bond motifs is 1. The van der Waals surface area contributed by atoms with Gasteiger partial charge in [-0.25, -0.2) is 0 Å². The molecule has 5 nitrogen and oxygen atoms in total. The number of rotatable bonds is 6. The number of anilines is 1. The van der Waals surface area contributed by atoms with Crippen LogP contribution >= 0.6 is 0 Å². The zero-order chi connectivity index (χ0) is 29.5. The van der Waals surface area contributed by atoms with Crippen molar-refractivity contribution in [3.63, 3.8) is 0 Å². The van der Waals surface area contributed by atoms with Gasteiger partial charge in [-0.2, -0.15) is 0 Å². The van der Waals surface area contributed by atoms with Crippen molar-refractivity contribution in [1.82, 2.24) is 0 Å². The summed E-state index contributed by atoms with van der Waals surface area (Å²) in [5.74, 6) is -0.697. The highest BCUT2D eigenvalue weighted by atomic mass is 16.5. The van der Waals surface area contributed by atoms with Crippen LogP contribution in [0.2, 0.25) is 0 Å². The average Bonchev–Trinajstić information content (AvgIpc) is 3.22. The summed E-state index contributed by atoms with van der Waals surface area (Å²) in [5.41, 5.74) is 3.92. The summed E-state index contributed by atoms with van der Waals surface area (Å²) in [6.45, 7) is 13.0. The molecule has 0 spiro atoms. The van der Waals surface area contributed by atoms with E-state index in [-0.39, 0.29) is 22.7 Å². The number of hydrogen-bond acceptors (Lipinski definition) is 4. The van der Waals surface area contributed by atoms with Crippen LogP contribution < -0.4 is 9.64 Å². The van der Waals surface area contributed by atoms with Gasteiger partial charge in [0.2, 0.25) is 0 Å². The van der Waals surface area contributed by atoms with Gasteiger partial charge in [0, 0.05) is 10.9 Å². The van der Waals surface area contributed by atoms with E-state index in [9.17, 15) is 14.7 Å². The number of ketones is 1. The molecule has 41 heavy (non-hydrogen) atoms. The lowest BCUT2D eigenvalue weighted by Gasteiger charge is -2.27. The van der Waals surface area contributed by atoms with Crippen LogP contribution in [-0.4, -0.2) is 23.4 Å². The third-order valence-corrected chi connectivity index (χ3v) is 7.77. The van der Waals surface area contributed by atoms with Gasteiger partial charge in [0.05, 0.1) is 23.9 Å². The topological polar surface area (TPSA) is 66.8 Å². The molecule has 1 unspecified atom stereocenters. The van der Waals surface area contributed by atoms with E-state index in [1.54, 1.807) is 11.0 Å². The maximum absolute atomic E-state index is 13.8. The molecule has 1 fully saturated rings. The third-order valence-electron chi connectivity index (χ3n) is 7.77. The predicted octanol–water partition coefficient (Wildman–Crippen LogP) is 8.29. The molecule has 210 valence electrons. The average molecular weight is 548 g/mol. The highest BCUT2D eigenvalue weighted by Crippen LogP contribution is 2.45. The van der Waals surface area contributed by atoms with Gasteiger partial charge in [0.15, 0.2) is 0 Å². The van der Waals surface area contributed by atoms with Gasteiger partial charge in [-0.05, 0) is 64.6 Å². The van der Waals surface area contributed by atoms with Crippen LogP contribution in [0.1, 0.15) is 75.8 Å². The first-order chi connectivity index (χ1) is 19.5. The van der Waals surface area contributed by atoms with E-state index in [4.69, 9.17) is 4.74 Å². The molecule has 1 aliphatic heterocycles. The van der Waals surface area contributed by atoms with Crippen molar-refractivity contribution in [3.8, 4) is 5.75 Å². The largest absolute Gasteiger partial charge is 0.507 e. The molecule has 1 atom stereocenters. The highest BCUT2D eigenvalue weighted by Gasteiger charge is 2.47. The number of hydrogen-bond donors (Lipinski definition) is 1. The van der Waals surface area contributed by atoms with Crippen molar-refractivity contribution in [3.05, 3.63) is 113 Å². The molecular weight excluding hydrogens is 510 g/mol. The van der Waals surface area contributed by atoms with Gasteiger partial charge in [-0.1, -0.05) is 95.3 Å². The minimum Gasteiger partial charge on any atom is -0.507 e. The number of aliphatic hydroxyl groups is 1. The first-order valence-electron chi connectivity index (χ1n) is 14.2. The summed E-state index contributed by atoms with van der Waals surface area (Å²) in [5, 5.41) is 13.6. The van der Waals surface area contributed by atoms with Crippen LogP contribution in [0.4, 0.5) is 5.69 Å². The molecule has 0 radical (unpaired) electrons. The Morgan fingerprint density at radius 3 is 2.27 bits per heavy atom. The summed E-state index contributed by atoms with van der Waals surface area (Å²) in [6, 6.07) is 26.1. The number of carbonyl (C=O) groups is 2.